The normalized spacial score (nSPS) is 13.6. The fraction of sp³-hybridized carbons (Fsp3) is 0.400. The van der Waals surface area contributed by atoms with E-state index in [4.69, 9.17) is 0 Å². The van der Waals surface area contributed by atoms with Gasteiger partial charge in [-0.05, 0) is 0 Å². The number of methoxy groups -OCH3 is 1. The number of hydrogen-bond donors (Lipinski definition) is 2. The van der Waals surface area contributed by atoms with Gasteiger partial charge in [0.25, 0.3) is 11.8 Å². The molecule has 0 saturated heterocycles. The first kappa shape index (κ1) is 18.4. The fourth-order valence-corrected chi connectivity index (χ4v) is 1.03. The van der Waals surface area contributed by atoms with E-state index < -0.39 is 36.5 Å². The van der Waals surface area contributed by atoms with Gasteiger partial charge in [-0.15, -0.1) is 0 Å². The van der Waals surface area contributed by atoms with Crippen molar-refractivity contribution >= 4 is 23.8 Å². The first-order valence-electron chi connectivity index (χ1n) is 5.31. The lowest BCUT2D eigenvalue weighted by molar-refractivity contribution is -0.173. The molecule has 0 aliphatic carbocycles. The number of carbonyl (C=O) groups excluding carboxylic acids is 4. The highest BCUT2D eigenvalue weighted by atomic mass is 19.4. The minimum Gasteiger partial charge on any atom is -0.453 e. The Labute approximate surface area is 116 Å². The second-order valence-corrected chi connectivity index (χ2v) is 3.44. The average Bonchev–Trinajstić information content (AvgIpc) is 2.69. The van der Waals surface area contributed by atoms with E-state index in [0.29, 0.717) is 0 Å². The molecule has 0 atom stereocenters. The first-order valence-corrected chi connectivity index (χ1v) is 5.31. The smallest absolute Gasteiger partial charge is 0.453 e. The van der Waals surface area contributed by atoms with Gasteiger partial charge in [0.15, 0.2) is 0 Å². The number of nitrogens with one attached hydrogen (secondary N) is 1. The van der Waals surface area contributed by atoms with E-state index in [-0.39, 0.29) is 6.54 Å². The Kier molecular flexibility index (Phi) is 6.90. The third-order valence-electron chi connectivity index (χ3n) is 1.98. The molecule has 118 valence electrons. The summed E-state index contributed by atoms with van der Waals surface area (Å²) in [4.78, 5) is 42.3. The van der Waals surface area contributed by atoms with E-state index in [2.05, 4.69) is 10.5 Å². The first-order chi connectivity index (χ1) is 9.59. The summed E-state index contributed by atoms with van der Waals surface area (Å²) >= 11 is 0. The molecule has 1 rings (SSSR count). The Morgan fingerprint density at radius 3 is 2.05 bits per heavy atom. The van der Waals surface area contributed by atoms with Crippen LogP contribution in [-0.4, -0.2) is 55.1 Å². The van der Waals surface area contributed by atoms with E-state index >= 15 is 0 Å². The van der Waals surface area contributed by atoms with Crippen molar-refractivity contribution < 1.29 is 37.1 Å². The molecule has 0 bridgehead atoms. The van der Waals surface area contributed by atoms with E-state index in [1.807, 2.05) is 0 Å². The molecule has 8 nitrogen and oxygen atoms in total. The lowest BCUT2D eigenvalue weighted by Crippen LogP contribution is -2.42. The molecular formula is C10H12F3N3O5. The van der Waals surface area contributed by atoms with Crippen molar-refractivity contribution in [2.75, 3.05) is 20.2 Å². The van der Waals surface area contributed by atoms with Crippen LogP contribution in [0.5, 0.6) is 0 Å². The fourth-order valence-electron chi connectivity index (χ4n) is 1.03. The molecule has 1 heterocycles. The Morgan fingerprint density at radius 2 is 1.71 bits per heavy atom. The zero-order chi connectivity index (χ0) is 16.6. The number of primary amides is 1. The third kappa shape index (κ3) is 6.94. The molecule has 1 aliphatic heterocycles. The van der Waals surface area contributed by atoms with E-state index in [9.17, 15) is 32.3 Å². The van der Waals surface area contributed by atoms with Gasteiger partial charge in [-0.1, -0.05) is 0 Å². The van der Waals surface area contributed by atoms with E-state index in [0.717, 1.165) is 17.1 Å². The molecule has 0 aromatic heterocycles. The van der Waals surface area contributed by atoms with Gasteiger partial charge in [-0.3, -0.25) is 19.3 Å². The van der Waals surface area contributed by atoms with Gasteiger partial charge in [0, 0.05) is 25.2 Å². The predicted octanol–water partition coefficient (Wildman–Crippen LogP) is -0.699. The van der Waals surface area contributed by atoms with Crippen LogP contribution in [0.2, 0.25) is 0 Å². The predicted molar refractivity (Wildman–Crippen MR) is 61.5 cm³/mol. The highest BCUT2D eigenvalue weighted by Gasteiger charge is 2.38. The number of carbonyl (C=O) groups is 4. The number of nitrogens with zero attached hydrogens (tertiary/aromatic N) is 1. The molecule has 0 aromatic carbocycles. The van der Waals surface area contributed by atoms with Crippen LogP contribution in [0.25, 0.3) is 0 Å². The minimum atomic E-state index is -4.96. The van der Waals surface area contributed by atoms with Gasteiger partial charge in [0.05, 0.1) is 7.11 Å². The number of alkyl halides is 3. The lowest BCUT2D eigenvalue weighted by atomic mass is 10.5. The van der Waals surface area contributed by atoms with Crippen molar-refractivity contribution in [1.29, 1.82) is 0 Å². The van der Waals surface area contributed by atoms with Crippen LogP contribution in [0.1, 0.15) is 0 Å². The summed E-state index contributed by atoms with van der Waals surface area (Å²) in [6.45, 7) is -0.718. The van der Waals surface area contributed by atoms with Gasteiger partial charge in [0.2, 0.25) is 0 Å². The van der Waals surface area contributed by atoms with E-state index in [1.54, 1.807) is 5.32 Å². The quantitative estimate of drug-likeness (QED) is 0.668. The zero-order valence-electron chi connectivity index (χ0n) is 10.8. The summed E-state index contributed by atoms with van der Waals surface area (Å²) < 4.78 is 39.1. The summed E-state index contributed by atoms with van der Waals surface area (Å²) in [7, 11) is 1.22. The van der Waals surface area contributed by atoms with Gasteiger partial charge in [0.1, 0.15) is 0 Å². The summed E-state index contributed by atoms with van der Waals surface area (Å²) in [5, 5.41) is 1.55. The second kappa shape index (κ2) is 7.87. The molecule has 21 heavy (non-hydrogen) atoms. The van der Waals surface area contributed by atoms with Crippen LogP contribution in [-0.2, 0) is 19.1 Å². The van der Waals surface area contributed by atoms with Crippen LogP contribution in [0.15, 0.2) is 12.2 Å². The number of ether oxygens (including phenoxy) is 1. The van der Waals surface area contributed by atoms with Crippen LogP contribution in [0, 0.1) is 0 Å². The van der Waals surface area contributed by atoms with Crippen molar-refractivity contribution in [3.8, 4) is 0 Å². The Morgan fingerprint density at radius 1 is 1.29 bits per heavy atom. The molecule has 0 unspecified atom stereocenters. The highest BCUT2D eigenvalue weighted by molar-refractivity contribution is 6.12. The molecule has 3 N–H and O–H groups in total. The number of amides is 4. The Balaban J connectivity index is 0.000000690. The van der Waals surface area contributed by atoms with Crippen molar-refractivity contribution in [1.82, 2.24) is 10.2 Å². The summed E-state index contributed by atoms with van der Waals surface area (Å²) in [5.41, 5.74) is 4.43. The SMILES string of the molecule is COC(N)=O.O=C1C=CC(=O)N1CCNC(=O)C(F)(F)F. The maximum atomic E-state index is 11.7. The Bertz CT molecular complexity index is 443. The van der Waals surface area contributed by atoms with Gasteiger partial charge < -0.3 is 15.8 Å². The van der Waals surface area contributed by atoms with Crippen molar-refractivity contribution in [2.24, 2.45) is 5.73 Å². The van der Waals surface area contributed by atoms with Crippen LogP contribution >= 0.6 is 0 Å². The van der Waals surface area contributed by atoms with Crippen LogP contribution < -0.4 is 11.1 Å². The molecule has 0 radical (unpaired) electrons. The van der Waals surface area contributed by atoms with Crippen molar-refractivity contribution in [3.63, 3.8) is 0 Å². The third-order valence-corrected chi connectivity index (χ3v) is 1.98. The largest absolute Gasteiger partial charge is 0.471 e. The zero-order valence-corrected chi connectivity index (χ0v) is 10.8. The number of imide groups is 1. The second-order valence-electron chi connectivity index (χ2n) is 3.44. The maximum absolute atomic E-state index is 11.7. The van der Waals surface area contributed by atoms with Crippen molar-refractivity contribution in [3.05, 3.63) is 12.2 Å². The van der Waals surface area contributed by atoms with Gasteiger partial charge >= 0.3 is 18.2 Å². The number of rotatable bonds is 3. The number of nitrogens with two attached hydrogens (primary N) is 1. The van der Waals surface area contributed by atoms with Crippen LogP contribution in [0.3, 0.4) is 0 Å². The number of halogens is 3. The molecular weight excluding hydrogens is 299 g/mol. The maximum Gasteiger partial charge on any atom is 0.471 e. The lowest BCUT2D eigenvalue weighted by Gasteiger charge is -2.14. The summed E-state index contributed by atoms with van der Waals surface area (Å²) in [6.07, 6.45) is -3.69. The topological polar surface area (TPSA) is 119 Å². The molecule has 0 saturated carbocycles. The molecule has 0 aromatic rings. The molecule has 0 fully saturated rings. The van der Waals surface area contributed by atoms with E-state index in [1.165, 1.54) is 7.11 Å². The van der Waals surface area contributed by atoms with Gasteiger partial charge in [-0.2, -0.15) is 13.2 Å². The number of hydrogen-bond acceptors (Lipinski definition) is 5. The highest BCUT2D eigenvalue weighted by Crippen LogP contribution is 2.13. The molecule has 1 aliphatic rings. The summed E-state index contributed by atoms with van der Waals surface area (Å²) in [6, 6.07) is 0. The standard InChI is InChI=1S/C8H7F3N2O3.C2H5NO2/c9-8(10,11)7(16)12-3-4-13-5(14)1-2-6(13)15;1-5-2(3)4/h1-2H,3-4H2,(H,12,16);1H3,(H2,3,4). The minimum absolute atomic E-state index is 0.285. The van der Waals surface area contributed by atoms with Crippen LogP contribution in [0.4, 0.5) is 18.0 Å². The average molecular weight is 311 g/mol. The monoisotopic (exact) mass is 311 g/mol. The van der Waals surface area contributed by atoms with Crippen molar-refractivity contribution in [2.45, 2.75) is 6.18 Å². The molecule has 4 amide bonds. The summed E-state index contributed by atoms with van der Waals surface area (Å²) in [5.74, 6) is -3.31. The Hall–Kier alpha value is -2.59. The molecule has 0 spiro atoms. The molecule has 11 heteroatoms. The van der Waals surface area contributed by atoms with Gasteiger partial charge in [-0.25, -0.2) is 4.79 Å².